The van der Waals surface area contributed by atoms with Crippen LogP contribution in [0.2, 0.25) is 0 Å². The first-order valence-electron chi connectivity index (χ1n) is 13.5. The Hall–Kier alpha value is -3.81. The summed E-state index contributed by atoms with van der Waals surface area (Å²) < 4.78 is 52.7. The minimum absolute atomic E-state index is 0.125. The van der Waals surface area contributed by atoms with Gasteiger partial charge in [-0.1, -0.05) is 18.2 Å². The van der Waals surface area contributed by atoms with E-state index in [-0.39, 0.29) is 5.75 Å². The van der Waals surface area contributed by atoms with E-state index in [9.17, 15) is 24.1 Å². The number of para-hydroxylation sites is 1. The highest BCUT2D eigenvalue weighted by Gasteiger charge is 2.56. The molecule has 1 aliphatic heterocycles. The second-order valence-electron chi connectivity index (χ2n) is 10.7. The lowest BCUT2D eigenvalue weighted by Gasteiger charge is -2.25. The average Bonchev–Trinajstić information content (AvgIpc) is 3.40. The van der Waals surface area contributed by atoms with Crippen LogP contribution < -0.4 is 20.9 Å². The molecule has 5 rings (SSSR count). The number of aromatic amines is 2. The number of H-pyrrole nitrogens is 2. The Kier molecular flexibility index (Phi) is 8.34. The highest BCUT2D eigenvalue weighted by molar-refractivity contribution is 7.52. The molecule has 0 saturated carbocycles. The van der Waals surface area contributed by atoms with Gasteiger partial charge in [0.1, 0.15) is 24.0 Å². The van der Waals surface area contributed by atoms with Gasteiger partial charge in [-0.05, 0) is 45.9 Å². The van der Waals surface area contributed by atoms with Crippen molar-refractivity contribution in [2.45, 2.75) is 63.9 Å². The second-order valence-corrected chi connectivity index (χ2v) is 12.4. The lowest BCUT2D eigenvalue weighted by Crippen LogP contribution is -2.43. The van der Waals surface area contributed by atoms with Crippen LogP contribution >= 0.6 is 7.75 Å². The van der Waals surface area contributed by atoms with Gasteiger partial charge in [-0.3, -0.25) is 23.7 Å². The predicted molar refractivity (Wildman–Crippen MR) is 155 cm³/mol. The van der Waals surface area contributed by atoms with E-state index in [1.54, 1.807) is 32.0 Å². The quantitative estimate of drug-likeness (QED) is 0.153. The summed E-state index contributed by atoms with van der Waals surface area (Å²) in [4.78, 5) is 41.5. The van der Waals surface area contributed by atoms with Crippen LogP contribution in [-0.2, 0) is 23.4 Å². The number of nitrogens with zero attached hydrogens (tertiary/aromatic N) is 1. The number of aliphatic hydroxyl groups excluding tert-OH is 1. The first-order chi connectivity index (χ1) is 20.3. The first-order valence-corrected chi connectivity index (χ1v) is 15.1. The summed E-state index contributed by atoms with van der Waals surface area (Å²) in [6.45, 7) is 5.07. The number of aromatic nitrogens is 3. The van der Waals surface area contributed by atoms with Gasteiger partial charge in [0.05, 0.1) is 18.2 Å². The number of hydrogen-bond donors (Lipinski definition) is 4. The highest BCUT2D eigenvalue weighted by atomic mass is 31.2. The minimum atomic E-state index is -4.43. The van der Waals surface area contributed by atoms with Gasteiger partial charge < -0.3 is 24.1 Å². The van der Waals surface area contributed by atoms with Crippen LogP contribution in [-0.4, -0.2) is 62.2 Å². The Morgan fingerprint density at radius 1 is 1.14 bits per heavy atom. The molecule has 1 aliphatic rings. The zero-order chi connectivity index (χ0) is 31.1. The van der Waals surface area contributed by atoms with E-state index >= 15 is 4.39 Å². The number of benzene rings is 2. The van der Waals surface area contributed by atoms with Crippen molar-refractivity contribution in [2.75, 3.05) is 6.61 Å². The predicted octanol–water partition coefficient (Wildman–Crippen LogP) is 3.29. The van der Waals surface area contributed by atoms with Crippen LogP contribution in [0.15, 0.2) is 64.3 Å². The molecule has 2 aromatic heterocycles. The summed E-state index contributed by atoms with van der Waals surface area (Å²) in [6, 6.07) is 12.5. The fraction of sp³-hybridized carbons (Fsp3) is 0.393. The maximum Gasteiger partial charge on any atom is 0.459 e. The van der Waals surface area contributed by atoms with Crippen molar-refractivity contribution in [1.82, 2.24) is 19.6 Å². The highest BCUT2D eigenvalue weighted by Crippen LogP contribution is 2.48. The lowest BCUT2D eigenvalue weighted by atomic mass is 9.98. The van der Waals surface area contributed by atoms with Crippen molar-refractivity contribution in [3.8, 4) is 5.75 Å². The smallest absolute Gasteiger partial charge is 0.459 e. The van der Waals surface area contributed by atoms with Gasteiger partial charge in [0, 0.05) is 34.6 Å². The number of carbonyl (C=O) groups excluding carboxylic acids is 1. The van der Waals surface area contributed by atoms with E-state index in [1.807, 2.05) is 29.2 Å². The van der Waals surface area contributed by atoms with Crippen LogP contribution in [0.4, 0.5) is 4.39 Å². The van der Waals surface area contributed by atoms with Crippen molar-refractivity contribution in [2.24, 2.45) is 0 Å². The summed E-state index contributed by atoms with van der Waals surface area (Å²) in [5, 5.41) is 15.2. The van der Waals surface area contributed by atoms with Crippen molar-refractivity contribution in [1.29, 1.82) is 0 Å². The molecule has 1 saturated heterocycles. The number of halogens is 1. The SMILES string of the molecule is CC(C)OC(=O)C(C)NP(=O)(OCC1OC(n2ccc(=O)[nH]c2=O)C(C)(F)C1O)Oc1ccc2c(c1)[nH]c1ccccc12. The Bertz CT molecular complexity index is 1820. The molecule has 3 heterocycles. The molecule has 1 fully saturated rings. The van der Waals surface area contributed by atoms with Gasteiger partial charge in [-0.2, -0.15) is 5.09 Å². The Balaban J connectivity index is 1.40. The fourth-order valence-corrected chi connectivity index (χ4v) is 6.37. The molecule has 230 valence electrons. The van der Waals surface area contributed by atoms with E-state index in [0.717, 1.165) is 40.0 Å². The third-order valence-corrected chi connectivity index (χ3v) is 8.63. The van der Waals surface area contributed by atoms with Crippen LogP contribution in [0.3, 0.4) is 0 Å². The van der Waals surface area contributed by atoms with Gasteiger partial charge in [-0.15, -0.1) is 0 Å². The van der Waals surface area contributed by atoms with E-state index < -0.39 is 67.8 Å². The van der Waals surface area contributed by atoms with Gasteiger partial charge in [0.2, 0.25) is 0 Å². The number of alkyl halides is 1. The van der Waals surface area contributed by atoms with Gasteiger partial charge in [-0.25, -0.2) is 13.8 Å². The number of nitrogens with one attached hydrogen (secondary N) is 3. The topological polar surface area (TPSA) is 174 Å². The lowest BCUT2D eigenvalue weighted by molar-refractivity contribution is -0.149. The number of ether oxygens (including phenoxy) is 2. The molecule has 6 unspecified atom stereocenters. The number of hydrogen-bond acceptors (Lipinski definition) is 9. The third-order valence-electron chi connectivity index (χ3n) is 6.99. The summed E-state index contributed by atoms with van der Waals surface area (Å²) in [5.41, 5.74) is -2.58. The molecule has 0 spiro atoms. The maximum atomic E-state index is 15.7. The normalized spacial score (nSPS) is 24.3. The van der Waals surface area contributed by atoms with Crippen molar-refractivity contribution >= 4 is 35.5 Å². The van der Waals surface area contributed by atoms with Crippen molar-refractivity contribution in [3.05, 3.63) is 75.6 Å². The van der Waals surface area contributed by atoms with Crippen LogP contribution in [0.5, 0.6) is 5.75 Å². The maximum absolute atomic E-state index is 15.7. The monoisotopic (exact) mass is 618 g/mol. The van der Waals surface area contributed by atoms with E-state index in [4.69, 9.17) is 18.5 Å². The van der Waals surface area contributed by atoms with Crippen molar-refractivity contribution < 1.29 is 37.4 Å². The van der Waals surface area contributed by atoms with Crippen LogP contribution in [0, 0.1) is 0 Å². The zero-order valence-electron chi connectivity index (χ0n) is 23.8. The number of esters is 1. The molecule has 4 aromatic rings. The summed E-state index contributed by atoms with van der Waals surface area (Å²) >= 11 is 0. The largest absolute Gasteiger partial charge is 0.462 e. The molecule has 0 radical (unpaired) electrons. The second kappa shape index (κ2) is 11.7. The van der Waals surface area contributed by atoms with Gasteiger partial charge in [0.15, 0.2) is 11.9 Å². The standard InChI is InChI=1S/C28H32FN4O9P/c1-15(2)40-25(36)16(3)32-43(38,42-17-9-10-19-18-7-5-6-8-20(18)30-21(19)13-17)39-14-22-24(35)28(4,29)26(41-22)33-12-11-23(34)31-27(33)37/h5-13,15-16,22,24,26,30,35H,14H2,1-4H3,(H,32,38)(H,31,34,37). The molecule has 6 atom stereocenters. The summed E-state index contributed by atoms with van der Waals surface area (Å²) in [6.07, 6.45) is -4.31. The Morgan fingerprint density at radius 3 is 2.58 bits per heavy atom. The molecule has 0 amide bonds. The molecular formula is C28H32FN4O9P. The van der Waals surface area contributed by atoms with E-state index in [2.05, 4.69) is 10.1 Å². The molecule has 2 aromatic carbocycles. The first kappa shape index (κ1) is 30.6. The molecular weight excluding hydrogens is 586 g/mol. The molecule has 13 nitrogen and oxygen atoms in total. The Labute approximate surface area is 244 Å². The van der Waals surface area contributed by atoms with E-state index in [1.165, 1.54) is 6.92 Å². The van der Waals surface area contributed by atoms with Gasteiger partial charge >= 0.3 is 19.4 Å². The zero-order valence-corrected chi connectivity index (χ0v) is 24.7. The fourth-order valence-electron chi connectivity index (χ4n) is 4.88. The Morgan fingerprint density at radius 2 is 1.86 bits per heavy atom. The van der Waals surface area contributed by atoms with Crippen LogP contribution in [0.1, 0.15) is 33.9 Å². The van der Waals surface area contributed by atoms with E-state index in [0.29, 0.717) is 5.52 Å². The summed E-state index contributed by atoms with van der Waals surface area (Å²) in [5.74, 6) is -0.598. The average molecular weight is 619 g/mol. The van der Waals surface area contributed by atoms with Gasteiger partial charge in [0.25, 0.3) is 5.56 Å². The number of carbonyl (C=O) groups is 1. The number of rotatable bonds is 10. The number of aliphatic hydroxyl groups is 1. The molecule has 15 heteroatoms. The summed E-state index contributed by atoms with van der Waals surface area (Å²) in [7, 11) is -4.43. The molecule has 0 aliphatic carbocycles. The molecule has 0 bridgehead atoms. The molecule has 4 N–H and O–H groups in total. The minimum Gasteiger partial charge on any atom is -0.462 e. The van der Waals surface area contributed by atoms with Crippen molar-refractivity contribution in [3.63, 3.8) is 0 Å². The third kappa shape index (κ3) is 6.29. The van der Waals surface area contributed by atoms with Crippen LogP contribution in [0.25, 0.3) is 21.8 Å². The molecule has 43 heavy (non-hydrogen) atoms. The number of fused-ring (bicyclic) bond motifs is 3.